The zero-order valence-electron chi connectivity index (χ0n) is 16.9. The highest BCUT2D eigenvalue weighted by Crippen LogP contribution is 2.24. The van der Waals surface area contributed by atoms with E-state index >= 15 is 0 Å². The van der Waals surface area contributed by atoms with Crippen LogP contribution < -0.4 is 5.32 Å². The van der Waals surface area contributed by atoms with Crippen molar-refractivity contribution < 1.29 is 4.79 Å². The van der Waals surface area contributed by atoms with Gasteiger partial charge in [0.05, 0.1) is 5.92 Å². The van der Waals surface area contributed by atoms with Crippen LogP contribution in [0.1, 0.15) is 57.4 Å². The number of rotatable bonds is 8. The zero-order valence-corrected chi connectivity index (χ0v) is 16.9. The number of unbranched alkanes of at least 4 members (excludes halogenated alkanes) is 2. The van der Waals surface area contributed by atoms with Crippen LogP contribution in [0.2, 0.25) is 0 Å². The van der Waals surface area contributed by atoms with E-state index in [9.17, 15) is 4.79 Å². The van der Waals surface area contributed by atoms with E-state index in [2.05, 4.69) is 33.1 Å². The maximum Gasteiger partial charge on any atom is 0.224 e. The fraction of sp³-hybridized carbons (Fsp3) is 0.727. The summed E-state index contributed by atoms with van der Waals surface area (Å²) in [5.74, 6) is 0.471. The van der Waals surface area contributed by atoms with Gasteiger partial charge in [0.15, 0.2) is 0 Å². The van der Waals surface area contributed by atoms with E-state index < -0.39 is 0 Å². The van der Waals surface area contributed by atoms with Gasteiger partial charge >= 0.3 is 0 Å². The Morgan fingerprint density at radius 1 is 1.22 bits per heavy atom. The Kier molecular flexibility index (Phi) is 8.09. The molecule has 0 aliphatic carbocycles. The molecular weight excluding hydrogens is 336 g/mol. The van der Waals surface area contributed by atoms with Crippen LogP contribution in [-0.2, 0) is 11.3 Å². The molecule has 27 heavy (non-hydrogen) atoms. The molecule has 3 rings (SSSR count). The Morgan fingerprint density at radius 3 is 2.81 bits per heavy atom. The molecular formula is C22H36N4O. The van der Waals surface area contributed by atoms with Gasteiger partial charge in [0.2, 0.25) is 5.91 Å². The summed E-state index contributed by atoms with van der Waals surface area (Å²) in [5.41, 5.74) is 1.30. The first-order valence-corrected chi connectivity index (χ1v) is 10.9. The molecule has 2 aliphatic heterocycles. The number of carbonyl (C=O) groups excluding carboxylic acids is 1. The topological polar surface area (TPSA) is 48.5 Å². The molecule has 0 saturated carbocycles. The van der Waals surface area contributed by atoms with Crippen molar-refractivity contribution in [1.82, 2.24) is 20.1 Å². The lowest BCUT2D eigenvalue weighted by molar-refractivity contribution is -0.127. The molecule has 3 heterocycles. The van der Waals surface area contributed by atoms with Crippen LogP contribution in [0.15, 0.2) is 24.5 Å². The number of aromatic nitrogens is 1. The third-order valence-corrected chi connectivity index (χ3v) is 6.11. The first-order chi connectivity index (χ1) is 13.3. The Balaban J connectivity index is 1.40. The normalized spacial score (nSPS) is 22.6. The van der Waals surface area contributed by atoms with Crippen LogP contribution in [0, 0.1) is 5.92 Å². The SMILES string of the molecule is CCCCCNC(=O)[C@@H]1CCCN(C2CCN(Cc3cccnc3)CC2)C1. The van der Waals surface area contributed by atoms with Gasteiger partial charge in [-0.05, 0) is 63.4 Å². The second kappa shape index (κ2) is 10.8. The van der Waals surface area contributed by atoms with Crippen molar-refractivity contribution in [3.63, 3.8) is 0 Å². The van der Waals surface area contributed by atoms with Crippen molar-refractivity contribution in [2.24, 2.45) is 5.92 Å². The molecule has 0 spiro atoms. The van der Waals surface area contributed by atoms with Gasteiger partial charge in [-0.25, -0.2) is 0 Å². The van der Waals surface area contributed by atoms with Crippen LogP contribution in [0.4, 0.5) is 0 Å². The Hall–Kier alpha value is -1.46. The van der Waals surface area contributed by atoms with Gasteiger partial charge in [0.25, 0.3) is 0 Å². The molecule has 0 bridgehead atoms. The molecule has 5 nitrogen and oxygen atoms in total. The Bertz CT molecular complexity index is 557. The van der Waals surface area contributed by atoms with Crippen LogP contribution in [0.5, 0.6) is 0 Å². The molecule has 2 saturated heterocycles. The van der Waals surface area contributed by atoms with Crippen LogP contribution in [0.3, 0.4) is 0 Å². The molecule has 5 heteroatoms. The van der Waals surface area contributed by atoms with Crippen LogP contribution in [-0.4, -0.2) is 59.5 Å². The van der Waals surface area contributed by atoms with Crippen molar-refractivity contribution in [2.75, 3.05) is 32.7 Å². The minimum absolute atomic E-state index is 0.189. The molecule has 1 amide bonds. The minimum Gasteiger partial charge on any atom is -0.356 e. The van der Waals surface area contributed by atoms with E-state index in [4.69, 9.17) is 0 Å². The number of pyridine rings is 1. The highest BCUT2D eigenvalue weighted by Gasteiger charge is 2.31. The number of piperidine rings is 2. The maximum atomic E-state index is 12.5. The highest BCUT2D eigenvalue weighted by molar-refractivity contribution is 5.78. The molecule has 1 N–H and O–H groups in total. The average molecular weight is 373 g/mol. The molecule has 1 atom stereocenters. The average Bonchev–Trinajstić information content (AvgIpc) is 2.72. The van der Waals surface area contributed by atoms with Gasteiger partial charge in [0, 0.05) is 38.1 Å². The van der Waals surface area contributed by atoms with Crippen LogP contribution in [0.25, 0.3) is 0 Å². The first kappa shape index (κ1) is 20.3. The van der Waals surface area contributed by atoms with E-state index in [0.717, 1.165) is 58.5 Å². The summed E-state index contributed by atoms with van der Waals surface area (Å²) in [5, 5.41) is 3.17. The van der Waals surface area contributed by atoms with Crippen molar-refractivity contribution >= 4 is 5.91 Å². The fourth-order valence-corrected chi connectivity index (χ4v) is 4.48. The molecule has 1 aromatic heterocycles. The summed E-state index contributed by atoms with van der Waals surface area (Å²) in [7, 11) is 0. The summed E-state index contributed by atoms with van der Waals surface area (Å²) in [6.45, 7) is 8.44. The third kappa shape index (κ3) is 6.28. The monoisotopic (exact) mass is 372 g/mol. The van der Waals surface area contributed by atoms with Gasteiger partial charge in [-0.1, -0.05) is 25.8 Å². The predicted molar refractivity (Wildman–Crippen MR) is 109 cm³/mol. The lowest BCUT2D eigenvalue weighted by Gasteiger charge is -2.42. The Morgan fingerprint density at radius 2 is 2.07 bits per heavy atom. The van der Waals surface area contributed by atoms with E-state index in [0.29, 0.717) is 6.04 Å². The van der Waals surface area contributed by atoms with Gasteiger partial charge in [-0.3, -0.25) is 19.6 Å². The van der Waals surface area contributed by atoms with E-state index in [1.807, 2.05) is 18.5 Å². The first-order valence-electron chi connectivity index (χ1n) is 10.9. The van der Waals surface area contributed by atoms with Crippen molar-refractivity contribution in [1.29, 1.82) is 0 Å². The standard InChI is InChI=1S/C22H36N4O/c1-2-3-4-12-24-22(27)20-8-6-13-26(18-20)21-9-14-25(15-10-21)17-19-7-5-11-23-16-19/h5,7,11,16,20-21H,2-4,6,8-10,12-15,17-18H2,1H3,(H,24,27)/t20-/m1/s1. The fourth-order valence-electron chi connectivity index (χ4n) is 4.48. The molecule has 0 aromatic carbocycles. The van der Waals surface area contributed by atoms with Gasteiger partial charge in [-0.15, -0.1) is 0 Å². The van der Waals surface area contributed by atoms with E-state index in [1.54, 1.807) is 0 Å². The number of hydrogen-bond donors (Lipinski definition) is 1. The maximum absolute atomic E-state index is 12.5. The third-order valence-electron chi connectivity index (χ3n) is 6.11. The number of carbonyl (C=O) groups is 1. The largest absolute Gasteiger partial charge is 0.356 e. The molecule has 150 valence electrons. The lowest BCUT2D eigenvalue weighted by atomic mass is 9.93. The lowest BCUT2D eigenvalue weighted by Crippen LogP contribution is -2.50. The van der Waals surface area contributed by atoms with Crippen molar-refractivity contribution in [3.05, 3.63) is 30.1 Å². The second-order valence-electron chi connectivity index (χ2n) is 8.20. The zero-order chi connectivity index (χ0) is 18.9. The van der Waals surface area contributed by atoms with Gasteiger partial charge in [0.1, 0.15) is 0 Å². The van der Waals surface area contributed by atoms with Crippen molar-refractivity contribution in [3.8, 4) is 0 Å². The van der Waals surface area contributed by atoms with Gasteiger partial charge < -0.3 is 5.32 Å². The smallest absolute Gasteiger partial charge is 0.224 e. The summed E-state index contributed by atoms with van der Waals surface area (Å²) in [6.07, 6.45) is 12.0. The summed E-state index contributed by atoms with van der Waals surface area (Å²) in [6, 6.07) is 4.82. The highest BCUT2D eigenvalue weighted by atomic mass is 16.1. The van der Waals surface area contributed by atoms with Crippen LogP contribution >= 0.6 is 0 Å². The summed E-state index contributed by atoms with van der Waals surface area (Å²) in [4.78, 5) is 21.9. The minimum atomic E-state index is 0.189. The number of likely N-dealkylation sites (tertiary alicyclic amines) is 2. The summed E-state index contributed by atoms with van der Waals surface area (Å²) < 4.78 is 0. The number of amides is 1. The molecule has 1 aromatic rings. The van der Waals surface area contributed by atoms with E-state index in [-0.39, 0.29) is 11.8 Å². The van der Waals surface area contributed by atoms with E-state index in [1.165, 1.54) is 31.2 Å². The second-order valence-corrected chi connectivity index (χ2v) is 8.20. The summed E-state index contributed by atoms with van der Waals surface area (Å²) >= 11 is 0. The molecule has 0 unspecified atom stereocenters. The number of nitrogens with one attached hydrogen (secondary N) is 1. The van der Waals surface area contributed by atoms with Gasteiger partial charge in [-0.2, -0.15) is 0 Å². The number of hydrogen-bond acceptors (Lipinski definition) is 4. The number of nitrogens with zero attached hydrogens (tertiary/aromatic N) is 3. The predicted octanol–water partition coefficient (Wildman–Crippen LogP) is 3.06. The molecule has 2 aliphatic rings. The Labute approximate surface area is 164 Å². The van der Waals surface area contributed by atoms with Crippen molar-refractivity contribution in [2.45, 2.75) is 64.5 Å². The molecule has 0 radical (unpaired) electrons. The quantitative estimate of drug-likeness (QED) is 0.713. The molecule has 2 fully saturated rings.